The predicted octanol–water partition coefficient (Wildman–Crippen LogP) is 3.14. The number of nitrogens with zero attached hydrogens (tertiary/aromatic N) is 1. The number of phenolic OH excluding ortho intramolecular Hbond substituents is 1. The molecule has 3 N–H and O–H groups in total. The number of phenols is 1. The topological polar surface area (TPSA) is 101 Å². The summed E-state index contributed by atoms with van der Waals surface area (Å²) in [7, 11) is 0. The average Bonchev–Trinajstić information content (AvgIpc) is 2.54. The molecule has 0 spiro atoms. The van der Waals surface area contributed by atoms with Gasteiger partial charge in [0.1, 0.15) is 11.7 Å². The predicted molar refractivity (Wildman–Crippen MR) is 91.6 cm³/mol. The summed E-state index contributed by atoms with van der Waals surface area (Å²) in [6.07, 6.45) is -0.173. The number of aliphatic hydroxyl groups is 1. The lowest BCUT2D eigenvalue weighted by Gasteiger charge is -2.21. The molecule has 134 valence electrons. The molecule has 1 unspecified atom stereocenters. The molecule has 1 atom stereocenters. The summed E-state index contributed by atoms with van der Waals surface area (Å²) in [5.74, 6) is 0.317. The van der Waals surface area contributed by atoms with E-state index in [-0.39, 0.29) is 23.9 Å². The molecule has 7 nitrogen and oxygen atoms in total. The maximum absolute atomic E-state index is 11.7. The molecule has 2 rings (SSSR count). The van der Waals surface area contributed by atoms with Crippen LogP contribution in [0, 0.1) is 0 Å². The van der Waals surface area contributed by atoms with Crippen LogP contribution < -0.4 is 10.1 Å². The standard InChI is InChI=1S/C18H22N2O5/c1-18(2,3)25-17(23)20-11-14(22)12-7-6-10-19-16(12)24-15-9-5-4-8-13(15)21/h4-10,14,21-22H,11H2,1-3H3,(H,20,23). The largest absolute Gasteiger partial charge is 0.504 e. The third kappa shape index (κ3) is 5.65. The molecule has 1 aromatic heterocycles. The Labute approximate surface area is 146 Å². The molecule has 1 aromatic carbocycles. The van der Waals surface area contributed by atoms with E-state index in [1.165, 1.54) is 12.3 Å². The SMILES string of the molecule is CC(C)(C)OC(=O)NCC(O)c1cccnc1Oc1ccccc1O. The smallest absolute Gasteiger partial charge is 0.407 e. The maximum atomic E-state index is 11.7. The molecule has 0 bridgehead atoms. The first-order chi connectivity index (χ1) is 11.8. The van der Waals surface area contributed by atoms with Crippen molar-refractivity contribution in [3.05, 3.63) is 48.2 Å². The first-order valence-corrected chi connectivity index (χ1v) is 7.82. The highest BCUT2D eigenvalue weighted by atomic mass is 16.6. The van der Waals surface area contributed by atoms with E-state index < -0.39 is 17.8 Å². The van der Waals surface area contributed by atoms with Crippen LogP contribution >= 0.6 is 0 Å². The van der Waals surface area contributed by atoms with Crippen molar-refractivity contribution in [1.29, 1.82) is 0 Å². The summed E-state index contributed by atoms with van der Waals surface area (Å²) >= 11 is 0. The Morgan fingerprint density at radius 1 is 1.24 bits per heavy atom. The number of aromatic nitrogens is 1. The van der Waals surface area contributed by atoms with Gasteiger partial charge in [0, 0.05) is 11.8 Å². The molecule has 1 heterocycles. The lowest BCUT2D eigenvalue weighted by atomic mass is 10.1. The van der Waals surface area contributed by atoms with Crippen molar-refractivity contribution in [3.63, 3.8) is 0 Å². The molecule has 2 aromatic rings. The molecule has 0 saturated carbocycles. The van der Waals surface area contributed by atoms with Crippen LogP contribution in [0.5, 0.6) is 17.4 Å². The average molecular weight is 346 g/mol. The second kappa shape index (κ2) is 7.85. The van der Waals surface area contributed by atoms with Gasteiger partial charge < -0.3 is 25.0 Å². The van der Waals surface area contributed by atoms with Crippen molar-refractivity contribution in [3.8, 4) is 17.4 Å². The Morgan fingerprint density at radius 2 is 1.96 bits per heavy atom. The highest BCUT2D eigenvalue weighted by Gasteiger charge is 2.20. The summed E-state index contributed by atoms with van der Waals surface area (Å²) in [6, 6.07) is 9.71. The summed E-state index contributed by atoms with van der Waals surface area (Å²) in [5, 5.41) is 22.6. The zero-order valence-electron chi connectivity index (χ0n) is 14.4. The molecule has 0 aliphatic rings. The fourth-order valence-corrected chi connectivity index (χ4v) is 1.99. The summed E-state index contributed by atoms with van der Waals surface area (Å²) < 4.78 is 10.7. The van der Waals surface area contributed by atoms with E-state index in [2.05, 4.69) is 10.3 Å². The second-order valence-corrected chi connectivity index (χ2v) is 6.37. The molecule has 0 saturated heterocycles. The number of alkyl carbamates (subject to hydrolysis) is 1. The minimum atomic E-state index is -1.05. The van der Waals surface area contributed by atoms with Gasteiger partial charge in [-0.15, -0.1) is 0 Å². The maximum Gasteiger partial charge on any atom is 0.407 e. The first-order valence-electron chi connectivity index (χ1n) is 7.82. The number of hydrogen-bond donors (Lipinski definition) is 3. The molecule has 7 heteroatoms. The van der Waals surface area contributed by atoms with Crippen LogP contribution in [0.4, 0.5) is 4.79 Å². The van der Waals surface area contributed by atoms with Crippen molar-refractivity contribution in [2.24, 2.45) is 0 Å². The van der Waals surface area contributed by atoms with Crippen molar-refractivity contribution >= 4 is 6.09 Å². The van der Waals surface area contributed by atoms with Gasteiger partial charge in [-0.3, -0.25) is 0 Å². The Kier molecular flexibility index (Phi) is 5.82. The molecule has 0 fully saturated rings. The monoisotopic (exact) mass is 346 g/mol. The molecule has 25 heavy (non-hydrogen) atoms. The molecule has 0 aliphatic heterocycles. The Hall–Kier alpha value is -2.80. The number of hydrogen-bond acceptors (Lipinski definition) is 6. The number of carbonyl (C=O) groups is 1. The number of ether oxygens (including phenoxy) is 2. The van der Waals surface area contributed by atoms with E-state index in [0.717, 1.165) is 0 Å². The normalized spacial score (nSPS) is 12.3. The minimum Gasteiger partial charge on any atom is -0.504 e. The summed E-state index contributed by atoms with van der Waals surface area (Å²) in [6.45, 7) is 5.19. The van der Waals surface area contributed by atoms with Crippen LogP contribution in [0.2, 0.25) is 0 Å². The van der Waals surface area contributed by atoms with Gasteiger partial charge >= 0.3 is 6.09 Å². The van der Waals surface area contributed by atoms with Crippen LogP contribution in [0.1, 0.15) is 32.4 Å². The lowest BCUT2D eigenvalue weighted by Crippen LogP contribution is -2.34. The summed E-state index contributed by atoms with van der Waals surface area (Å²) in [5.41, 5.74) is -0.246. The van der Waals surface area contributed by atoms with Crippen LogP contribution in [0.25, 0.3) is 0 Å². The number of para-hydroxylation sites is 2. The highest BCUT2D eigenvalue weighted by molar-refractivity contribution is 5.67. The molecular formula is C18H22N2O5. The van der Waals surface area contributed by atoms with Crippen molar-refractivity contribution in [2.75, 3.05) is 6.54 Å². The van der Waals surface area contributed by atoms with Gasteiger partial charge in [0.25, 0.3) is 0 Å². The molecule has 0 radical (unpaired) electrons. The third-order valence-corrected chi connectivity index (χ3v) is 3.07. The fraction of sp³-hybridized carbons (Fsp3) is 0.333. The van der Waals surface area contributed by atoms with Crippen LogP contribution in [0.15, 0.2) is 42.6 Å². The van der Waals surface area contributed by atoms with E-state index in [4.69, 9.17) is 9.47 Å². The molecule has 1 amide bonds. The van der Waals surface area contributed by atoms with Gasteiger partial charge in [-0.2, -0.15) is 0 Å². The number of benzene rings is 1. The van der Waals surface area contributed by atoms with Gasteiger partial charge in [-0.05, 0) is 45.0 Å². The Balaban J connectivity index is 2.06. The Bertz CT molecular complexity index is 727. The number of amides is 1. The lowest BCUT2D eigenvalue weighted by molar-refractivity contribution is 0.0490. The van der Waals surface area contributed by atoms with Crippen LogP contribution in [0.3, 0.4) is 0 Å². The van der Waals surface area contributed by atoms with Crippen molar-refractivity contribution in [1.82, 2.24) is 10.3 Å². The van der Waals surface area contributed by atoms with Crippen LogP contribution in [-0.4, -0.2) is 33.4 Å². The molecule has 0 aliphatic carbocycles. The second-order valence-electron chi connectivity index (χ2n) is 6.37. The first kappa shape index (κ1) is 18.5. The zero-order chi connectivity index (χ0) is 18.4. The van der Waals surface area contributed by atoms with Gasteiger partial charge in [0.05, 0.1) is 6.54 Å². The number of pyridine rings is 1. The van der Waals surface area contributed by atoms with Crippen LogP contribution in [-0.2, 0) is 4.74 Å². The van der Waals surface area contributed by atoms with E-state index >= 15 is 0 Å². The number of carbonyl (C=O) groups excluding carboxylic acids is 1. The minimum absolute atomic E-state index is 0.0412. The fourth-order valence-electron chi connectivity index (χ4n) is 1.99. The van der Waals surface area contributed by atoms with Crippen molar-refractivity contribution < 1.29 is 24.5 Å². The quantitative estimate of drug-likeness (QED) is 0.769. The number of nitrogens with one attached hydrogen (secondary N) is 1. The van der Waals surface area contributed by atoms with E-state index in [1.54, 1.807) is 51.1 Å². The highest BCUT2D eigenvalue weighted by Crippen LogP contribution is 2.32. The van der Waals surface area contributed by atoms with Crippen molar-refractivity contribution in [2.45, 2.75) is 32.5 Å². The van der Waals surface area contributed by atoms with E-state index in [1.807, 2.05) is 0 Å². The zero-order valence-corrected chi connectivity index (χ0v) is 14.4. The van der Waals surface area contributed by atoms with E-state index in [9.17, 15) is 15.0 Å². The number of aliphatic hydroxyl groups excluding tert-OH is 1. The number of rotatable bonds is 5. The van der Waals surface area contributed by atoms with Gasteiger partial charge in [-0.1, -0.05) is 12.1 Å². The third-order valence-electron chi connectivity index (χ3n) is 3.07. The summed E-state index contributed by atoms with van der Waals surface area (Å²) in [4.78, 5) is 15.8. The molecular weight excluding hydrogens is 324 g/mol. The number of aromatic hydroxyl groups is 1. The van der Waals surface area contributed by atoms with Gasteiger partial charge in [0.2, 0.25) is 5.88 Å². The van der Waals surface area contributed by atoms with Gasteiger partial charge in [0.15, 0.2) is 11.5 Å². The van der Waals surface area contributed by atoms with E-state index in [0.29, 0.717) is 5.56 Å². The van der Waals surface area contributed by atoms with Gasteiger partial charge in [-0.25, -0.2) is 9.78 Å². The Morgan fingerprint density at radius 3 is 2.64 bits per heavy atom.